The predicted molar refractivity (Wildman–Crippen MR) is 80.8 cm³/mol. The Morgan fingerprint density at radius 1 is 1.55 bits per heavy atom. The lowest BCUT2D eigenvalue weighted by Crippen LogP contribution is -2.39. The van der Waals surface area contributed by atoms with Gasteiger partial charge >= 0.3 is 0 Å². The molecule has 110 valence electrons. The van der Waals surface area contributed by atoms with Crippen LogP contribution in [0.2, 0.25) is 0 Å². The highest BCUT2D eigenvalue weighted by atomic mass is 15.4. The number of unbranched alkanes of at least 4 members (excludes halogenated alkanes) is 1. The maximum absolute atomic E-state index is 9.40. The van der Waals surface area contributed by atoms with Gasteiger partial charge in [-0.2, -0.15) is 10.4 Å². The highest BCUT2D eigenvalue weighted by molar-refractivity contribution is 5.57. The second-order valence-electron chi connectivity index (χ2n) is 5.61. The summed E-state index contributed by atoms with van der Waals surface area (Å²) < 4.78 is 1.86. The van der Waals surface area contributed by atoms with Crippen LogP contribution in [0.4, 0.5) is 5.82 Å². The fourth-order valence-corrected chi connectivity index (χ4v) is 2.95. The highest BCUT2D eigenvalue weighted by Gasteiger charge is 2.23. The Morgan fingerprint density at radius 2 is 2.35 bits per heavy atom. The second kappa shape index (κ2) is 6.76. The van der Waals surface area contributed by atoms with Crippen molar-refractivity contribution in [1.29, 1.82) is 5.26 Å². The van der Waals surface area contributed by atoms with Crippen molar-refractivity contribution in [2.24, 2.45) is 7.05 Å². The smallest absolute Gasteiger partial charge is 0.145 e. The van der Waals surface area contributed by atoms with Crippen molar-refractivity contribution in [1.82, 2.24) is 15.1 Å². The van der Waals surface area contributed by atoms with E-state index in [4.69, 9.17) is 0 Å². The van der Waals surface area contributed by atoms with Crippen LogP contribution in [0.1, 0.15) is 43.9 Å². The quantitative estimate of drug-likeness (QED) is 0.862. The minimum absolute atomic E-state index is 0.536. The van der Waals surface area contributed by atoms with E-state index in [9.17, 15) is 5.26 Å². The lowest BCUT2D eigenvalue weighted by atomic mass is 10.2. The standard InChI is InChI=1S/C15H25N5/c1-4-5-9-20(11-13-7-6-8-17-13)15-14(10-16)12(2)18-19(15)3/h13,17H,4-9,11H2,1-3H3. The van der Waals surface area contributed by atoms with E-state index in [1.54, 1.807) is 0 Å². The molecular weight excluding hydrogens is 250 g/mol. The summed E-state index contributed by atoms with van der Waals surface area (Å²) >= 11 is 0. The Morgan fingerprint density at radius 3 is 2.95 bits per heavy atom. The summed E-state index contributed by atoms with van der Waals surface area (Å²) in [6.45, 7) is 7.18. The molecule has 2 rings (SSSR count). The maximum Gasteiger partial charge on any atom is 0.145 e. The number of rotatable bonds is 6. The van der Waals surface area contributed by atoms with Crippen LogP contribution in [0.15, 0.2) is 0 Å². The van der Waals surface area contributed by atoms with Crippen LogP contribution in [0.25, 0.3) is 0 Å². The Balaban J connectivity index is 2.23. The van der Waals surface area contributed by atoms with E-state index >= 15 is 0 Å². The minimum Gasteiger partial charge on any atom is -0.354 e. The first-order valence-electron chi connectivity index (χ1n) is 7.59. The minimum atomic E-state index is 0.536. The molecule has 1 fully saturated rings. The number of hydrogen-bond donors (Lipinski definition) is 1. The van der Waals surface area contributed by atoms with Crippen molar-refractivity contribution < 1.29 is 0 Å². The lowest BCUT2D eigenvalue weighted by molar-refractivity contribution is 0.559. The van der Waals surface area contributed by atoms with Gasteiger partial charge < -0.3 is 10.2 Å². The summed E-state index contributed by atoms with van der Waals surface area (Å²) in [5.74, 6) is 0.979. The van der Waals surface area contributed by atoms with Gasteiger partial charge in [0.15, 0.2) is 0 Å². The number of nitrogens with one attached hydrogen (secondary N) is 1. The molecule has 1 N–H and O–H groups in total. The number of aryl methyl sites for hydroxylation is 2. The topological polar surface area (TPSA) is 56.9 Å². The fourth-order valence-electron chi connectivity index (χ4n) is 2.95. The van der Waals surface area contributed by atoms with Gasteiger partial charge in [-0.3, -0.25) is 4.68 Å². The van der Waals surface area contributed by atoms with Gasteiger partial charge in [0.2, 0.25) is 0 Å². The third-order valence-corrected chi connectivity index (χ3v) is 3.99. The number of hydrogen-bond acceptors (Lipinski definition) is 4. The molecule has 0 saturated carbocycles. The van der Waals surface area contributed by atoms with Crippen LogP contribution in [0.3, 0.4) is 0 Å². The van der Waals surface area contributed by atoms with Gasteiger partial charge in [0.25, 0.3) is 0 Å². The van der Waals surface area contributed by atoms with E-state index in [1.165, 1.54) is 12.8 Å². The Hall–Kier alpha value is -1.54. The lowest BCUT2D eigenvalue weighted by Gasteiger charge is -2.28. The molecule has 0 aliphatic carbocycles. The average molecular weight is 275 g/mol. The molecule has 5 nitrogen and oxygen atoms in total. The van der Waals surface area contributed by atoms with E-state index in [0.29, 0.717) is 6.04 Å². The molecule has 0 bridgehead atoms. The van der Waals surface area contributed by atoms with Crippen molar-refractivity contribution >= 4 is 5.82 Å². The van der Waals surface area contributed by atoms with E-state index in [1.807, 2.05) is 18.7 Å². The molecule has 20 heavy (non-hydrogen) atoms. The van der Waals surface area contributed by atoms with Crippen LogP contribution < -0.4 is 10.2 Å². The molecule has 1 aromatic rings. The summed E-state index contributed by atoms with van der Waals surface area (Å²) in [5.41, 5.74) is 1.55. The van der Waals surface area contributed by atoms with Gasteiger partial charge in [-0.05, 0) is 32.7 Å². The third-order valence-electron chi connectivity index (χ3n) is 3.99. The molecule has 0 aromatic carbocycles. The monoisotopic (exact) mass is 275 g/mol. The zero-order chi connectivity index (χ0) is 14.5. The second-order valence-corrected chi connectivity index (χ2v) is 5.61. The number of anilines is 1. The van der Waals surface area contributed by atoms with Gasteiger partial charge in [-0.1, -0.05) is 13.3 Å². The van der Waals surface area contributed by atoms with Gasteiger partial charge in [0.1, 0.15) is 17.5 Å². The number of nitriles is 1. The average Bonchev–Trinajstić information content (AvgIpc) is 3.02. The van der Waals surface area contributed by atoms with Gasteiger partial charge in [0.05, 0.1) is 5.69 Å². The maximum atomic E-state index is 9.40. The summed E-state index contributed by atoms with van der Waals surface area (Å²) in [6.07, 6.45) is 4.78. The predicted octanol–water partition coefficient (Wildman–Crippen LogP) is 1.96. The summed E-state index contributed by atoms with van der Waals surface area (Å²) in [6, 6.07) is 2.86. The molecule has 1 unspecified atom stereocenters. The molecule has 1 aliphatic rings. The number of aromatic nitrogens is 2. The molecule has 0 spiro atoms. The zero-order valence-corrected chi connectivity index (χ0v) is 12.8. The first kappa shape index (κ1) is 14.9. The van der Waals surface area contributed by atoms with Gasteiger partial charge in [-0.15, -0.1) is 0 Å². The summed E-state index contributed by atoms with van der Waals surface area (Å²) in [7, 11) is 1.93. The van der Waals surface area contributed by atoms with E-state index < -0.39 is 0 Å². The van der Waals surface area contributed by atoms with Crippen LogP contribution in [-0.2, 0) is 7.05 Å². The molecule has 5 heteroatoms. The van der Waals surface area contributed by atoms with E-state index in [0.717, 1.165) is 49.6 Å². The largest absolute Gasteiger partial charge is 0.354 e. The van der Waals surface area contributed by atoms with Crippen LogP contribution in [-0.4, -0.2) is 35.5 Å². The third kappa shape index (κ3) is 3.13. The Labute approximate surface area is 121 Å². The highest BCUT2D eigenvalue weighted by Crippen LogP contribution is 2.24. The van der Waals surface area contributed by atoms with E-state index in [-0.39, 0.29) is 0 Å². The first-order chi connectivity index (χ1) is 9.67. The van der Waals surface area contributed by atoms with Crippen LogP contribution in [0.5, 0.6) is 0 Å². The Bertz CT molecular complexity index is 479. The van der Waals surface area contributed by atoms with Crippen molar-refractivity contribution in [2.75, 3.05) is 24.5 Å². The zero-order valence-electron chi connectivity index (χ0n) is 12.8. The van der Waals surface area contributed by atoms with Crippen molar-refractivity contribution in [2.45, 2.75) is 45.6 Å². The van der Waals surface area contributed by atoms with Gasteiger partial charge in [0, 0.05) is 26.2 Å². The summed E-state index contributed by atoms with van der Waals surface area (Å²) in [4.78, 5) is 2.34. The molecule has 0 amide bonds. The molecule has 1 atom stereocenters. The molecule has 2 heterocycles. The SMILES string of the molecule is CCCCN(CC1CCCN1)c1c(C#N)c(C)nn1C. The van der Waals surface area contributed by atoms with E-state index in [2.05, 4.69) is 28.3 Å². The molecule has 0 radical (unpaired) electrons. The molecular formula is C15H25N5. The molecule has 1 saturated heterocycles. The molecule has 1 aromatic heterocycles. The van der Waals surface area contributed by atoms with Crippen molar-refractivity contribution in [3.05, 3.63) is 11.3 Å². The first-order valence-corrected chi connectivity index (χ1v) is 7.59. The Kier molecular flexibility index (Phi) is 5.02. The van der Waals surface area contributed by atoms with Crippen LogP contribution in [0, 0.1) is 18.3 Å². The normalized spacial score (nSPS) is 18.2. The summed E-state index contributed by atoms with van der Waals surface area (Å²) in [5, 5.41) is 17.4. The fraction of sp³-hybridized carbons (Fsp3) is 0.733. The van der Waals surface area contributed by atoms with Crippen molar-refractivity contribution in [3.63, 3.8) is 0 Å². The van der Waals surface area contributed by atoms with Crippen molar-refractivity contribution in [3.8, 4) is 6.07 Å². The number of nitrogens with zero attached hydrogens (tertiary/aromatic N) is 4. The molecule has 1 aliphatic heterocycles. The van der Waals surface area contributed by atoms with Crippen LogP contribution >= 0.6 is 0 Å². The van der Waals surface area contributed by atoms with Gasteiger partial charge in [-0.25, -0.2) is 0 Å².